The lowest BCUT2D eigenvalue weighted by Crippen LogP contribution is -2.24. The van der Waals surface area contributed by atoms with E-state index in [1.807, 2.05) is 17.0 Å². The third-order valence-electron chi connectivity index (χ3n) is 5.75. The molecule has 2 unspecified atom stereocenters. The van der Waals surface area contributed by atoms with Gasteiger partial charge in [-0.2, -0.15) is 0 Å². The molecule has 162 valence electrons. The fourth-order valence-corrected chi connectivity index (χ4v) is 4.26. The smallest absolute Gasteiger partial charge is 0.308 e. The van der Waals surface area contributed by atoms with E-state index in [9.17, 15) is 4.79 Å². The van der Waals surface area contributed by atoms with E-state index >= 15 is 4.39 Å². The molecule has 2 aromatic rings. The summed E-state index contributed by atoms with van der Waals surface area (Å²) in [5.41, 5.74) is 2.54. The van der Waals surface area contributed by atoms with Crippen molar-refractivity contribution in [1.29, 1.82) is 0 Å². The molecule has 1 aliphatic heterocycles. The van der Waals surface area contributed by atoms with Gasteiger partial charge in [-0.25, -0.2) is 14.4 Å². The largest absolute Gasteiger partial charge is 0.481 e. The summed E-state index contributed by atoms with van der Waals surface area (Å²) < 4.78 is 21.0. The predicted molar refractivity (Wildman–Crippen MR) is 117 cm³/mol. The van der Waals surface area contributed by atoms with Gasteiger partial charge in [-0.1, -0.05) is 29.8 Å². The van der Waals surface area contributed by atoms with Crippen molar-refractivity contribution in [1.82, 2.24) is 9.97 Å². The van der Waals surface area contributed by atoms with Crippen molar-refractivity contribution in [3.63, 3.8) is 0 Å². The topological polar surface area (TPSA) is 75.5 Å². The average molecular weight is 444 g/mol. The number of hydrogen-bond acceptors (Lipinski definition) is 5. The number of carboxylic acids is 1. The first-order chi connectivity index (χ1) is 15.0. The Bertz CT molecular complexity index is 1040. The molecule has 31 heavy (non-hydrogen) atoms. The van der Waals surface area contributed by atoms with Crippen molar-refractivity contribution in [2.75, 3.05) is 25.1 Å². The number of halogens is 2. The van der Waals surface area contributed by atoms with Crippen LogP contribution in [0.5, 0.6) is 0 Å². The van der Waals surface area contributed by atoms with E-state index < -0.39 is 11.9 Å². The van der Waals surface area contributed by atoms with Crippen LogP contribution in [0.25, 0.3) is 5.57 Å². The zero-order chi connectivity index (χ0) is 22.0. The molecule has 2 aliphatic rings. The minimum absolute atomic E-state index is 0.312. The van der Waals surface area contributed by atoms with Crippen LogP contribution < -0.4 is 4.90 Å². The highest BCUT2D eigenvalue weighted by atomic mass is 35.5. The van der Waals surface area contributed by atoms with Crippen molar-refractivity contribution in [2.24, 2.45) is 5.92 Å². The zero-order valence-corrected chi connectivity index (χ0v) is 17.8. The summed E-state index contributed by atoms with van der Waals surface area (Å²) in [5, 5.41) is 9.70. The first-order valence-electron chi connectivity index (χ1n) is 10.1. The van der Waals surface area contributed by atoms with Gasteiger partial charge in [0.1, 0.15) is 5.83 Å². The lowest BCUT2D eigenvalue weighted by Gasteiger charge is -2.25. The van der Waals surface area contributed by atoms with Gasteiger partial charge in [-0.3, -0.25) is 4.79 Å². The fourth-order valence-electron chi connectivity index (χ4n) is 4.07. The van der Waals surface area contributed by atoms with Crippen LogP contribution in [0.3, 0.4) is 0 Å². The SMILES string of the molecule is COC1CC=C(Cc2cnc(N3CCC(C(=O)O)C3)nc2)C(F)=C1c1cccc(Cl)c1. The molecule has 1 saturated heterocycles. The second-order valence-corrected chi connectivity index (χ2v) is 8.20. The summed E-state index contributed by atoms with van der Waals surface area (Å²) in [6, 6.07) is 7.11. The molecule has 1 fully saturated rings. The van der Waals surface area contributed by atoms with Gasteiger partial charge >= 0.3 is 5.97 Å². The second kappa shape index (κ2) is 9.16. The van der Waals surface area contributed by atoms with E-state index in [0.29, 0.717) is 60.0 Å². The van der Waals surface area contributed by atoms with Crippen LogP contribution in [0.15, 0.2) is 54.1 Å². The lowest BCUT2D eigenvalue weighted by atomic mass is 9.88. The number of benzene rings is 1. The monoisotopic (exact) mass is 443 g/mol. The summed E-state index contributed by atoms with van der Waals surface area (Å²) in [7, 11) is 1.57. The van der Waals surface area contributed by atoms with E-state index in [1.54, 1.807) is 37.7 Å². The molecule has 6 nitrogen and oxygen atoms in total. The molecule has 0 radical (unpaired) electrons. The Hall–Kier alpha value is -2.77. The zero-order valence-electron chi connectivity index (χ0n) is 17.1. The summed E-state index contributed by atoms with van der Waals surface area (Å²) in [5.74, 6) is -1.00. The lowest BCUT2D eigenvalue weighted by molar-refractivity contribution is -0.140. The Morgan fingerprint density at radius 3 is 2.77 bits per heavy atom. The van der Waals surface area contributed by atoms with E-state index in [-0.39, 0.29) is 11.9 Å². The maximum absolute atomic E-state index is 15.5. The van der Waals surface area contributed by atoms with Crippen LogP contribution in [-0.2, 0) is 16.0 Å². The Labute approximate surface area is 185 Å². The van der Waals surface area contributed by atoms with Gasteiger partial charge in [0, 0.05) is 49.6 Å². The number of aliphatic carboxylic acids is 1. The van der Waals surface area contributed by atoms with Gasteiger partial charge in [-0.05, 0) is 41.7 Å². The normalized spacial score (nSPS) is 21.4. The molecule has 1 N–H and O–H groups in total. The number of carboxylic acid groups (broad SMARTS) is 1. The summed E-state index contributed by atoms with van der Waals surface area (Å²) in [6.07, 6.45) is 6.31. The number of ether oxygens (including phenoxy) is 1. The Morgan fingerprint density at radius 2 is 2.13 bits per heavy atom. The van der Waals surface area contributed by atoms with Crippen LogP contribution in [0, 0.1) is 5.92 Å². The Morgan fingerprint density at radius 1 is 1.35 bits per heavy atom. The average Bonchev–Trinajstić information content (AvgIpc) is 3.26. The van der Waals surface area contributed by atoms with Crippen LogP contribution >= 0.6 is 11.6 Å². The first-order valence-corrected chi connectivity index (χ1v) is 10.5. The number of nitrogens with zero attached hydrogens (tertiary/aromatic N) is 3. The van der Waals surface area contributed by atoms with Gasteiger partial charge in [0.2, 0.25) is 5.95 Å². The van der Waals surface area contributed by atoms with Gasteiger partial charge in [0.25, 0.3) is 0 Å². The number of hydrogen-bond donors (Lipinski definition) is 1. The summed E-state index contributed by atoms with van der Waals surface area (Å²) >= 11 is 6.11. The second-order valence-electron chi connectivity index (χ2n) is 7.77. The Balaban J connectivity index is 1.52. The maximum Gasteiger partial charge on any atom is 0.308 e. The number of methoxy groups -OCH3 is 1. The van der Waals surface area contributed by atoms with Crippen LogP contribution in [0.4, 0.5) is 10.3 Å². The number of rotatable bonds is 6. The molecule has 0 spiro atoms. The third kappa shape index (κ3) is 4.62. The van der Waals surface area contributed by atoms with E-state index in [4.69, 9.17) is 21.4 Å². The highest BCUT2D eigenvalue weighted by Gasteiger charge is 2.30. The fraction of sp³-hybridized carbons (Fsp3) is 0.348. The first kappa shape index (κ1) is 21.5. The summed E-state index contributed by atoms with van der Waals surface area (Å²) in [4.78, 5) is 21.8. The molecular weight excluding hydrogens is 421 g/mol. The highest BCUT2D eigenvalue weighted by Crippen LogP contribution is 2.37. The standard InChI is InChI=1S/C23H23ClFN3O3/c1-31-19-6-5-16(21(25)20(19)15-3-2-4-18(24)10-15)9-14-11-26-23(27-12-14)28-8-7-17(13-28)22(29)30/h2-5,10-12,17,19H,6-9,13H2,1H3,(H,29,30). The third-order valence-corrected chi connectivity index (χ3v) is 5.98. The van der Waals surface area contributed by atoms with E-state index in [2.05, 4.69) is 9.97 Å². The minimum Gasteiger partial charge on any atom is -0.481 e. The number of allylic oxidation sites excluding steroid dienone is 2. The summed E-state index contributed by atoms with van der Waals surface area (Å²) in [6.45, 7) is 1.01. The molecule has 1 aromatic heterocycles. The number of aromatic nitrogens is 2. The van der Waals surface area contributed by atoms with E-state index in [1.165, 1.54) is 0 Å². The van der Waals surface area contributed by atoms with E-state index in [0.717, 1.165) is 5.56 Å². The van der Waals surface area contributed by atoms with Gasteiger partial charge in [0.05, 0.1) is 12.0 Å². The number of anilines is 1. The molecule has 2 heterocycles. The quantitative estimate of drug-likeness (QED) is 0.717. The molecule has 1 aromatic carbocycles. The molecule has 0 saturated carbocycles. The molecule has 1 aliphatic carbocycles. The van der Waals surface area contributed by atoms with Crippen molar-refractivity contribution in [3.8, 4) is 0 Å². The molecule has 0 bridgehead atoms. The van der Waals surface area contributed by atoms with Gasteiger partial charge in [-0.15, -0.1) is 0 Å². The molecule has 8 heteroatoms. The Kier molecular flexibility index (Phi) is 6.34. The molecular formula is C23H23ClFN3O3. The molecule has 0 amide bonds. The van der Waals surface area contributed by atoms with Crippen LogP contribution in [0.1, 0.15) is 24.0 Å². The van der Waals surface area contributed by atoms with Crippen molar-refractivity contribution in [2.45, 2.75) is 25.4 Å². The van der Waals surface area contributed by atoms with Crippen LogP contribution in [-0.4, -0.2) is 47.3 Å². The van der Waals surface area contributed by atoms with Crippen LogP contribution in [0.2, 0.25) is 5.02 Å². The van der Waals surface area contributed by atoms with Crippen molar-refractivity contribution >= 4 is 29.1 Å². The highest BCUT2D eigenvalue weighted by molar-refractivity contribution is 6.30. The number of carbonyl (C=O) groups is 1. The van der Waals surface area contributed by atoms with Gasteiger partial charge in [0.15, 0.2) is 0 Å². The molecule has 4 rings (SSSR count). The molecule has 2 atom stereocenters. The maximum atomic E-state index is 15.5. The van der Waals surface area contributed by atoms with Gasteiger partial charge < -0.3 is 14.7 Å². The van der Waals surface area contributed by atoms with Crippen molar-refractivity contribution < 1.29 is 19.0 Å². The minimum atomic E-state index is -0.796. The van der Waals surface area contributed by atoms with Crippen molar-refractivity contribution in [3.05, 3.63) is 70.3 Å². The predicted octanol–water partition coefficient (Wildman–Crippen LogP) is 4.31.